The van der Waals surface area contributed by atoms with Crippen LogP contribution >= 0.6 is 0 Å². The van der Waals surface area contributed by atoms with Crippen molar-refractivity contribution >= 4 is 12.4 Å². The van der Waals surface area contributed by atoms with Gasteiger partial charge in [-0.2, -0.15) is 10.2 Å². The van der Waals surface area contributed by atoms with Crippen molar-refractivity contribution in [1.82, 2.24) is 10.0 Å². The van der Waals surface area contributed by atoms with Crippen molar-refractivity contribution < 1.29 is 0 Å². The third-order valence-electron chi connectivity index (χ3n) is 1.55. The first-order valence-electron chi connectivity index (χ1n) is 4.61. The second-order valence-electron chi connectivity index (χ2n) is 2.83. The first-order valence-corrected chi connectivity index (χ1v) is 4.61. The Morgan fingerprint density at radius 1 is 1.23 bits per heavy atom. The molecule has 0 aromatic carbocycles. The number of hydrogen-bond acceptors (Lipinski definition) is 4. The maximum Gasteiger partial charge on any atom is 0.132 e. The molecular formula is C9H19N4. The van der Waals surface area contributed by atoms with Crippen LogP contribution < -0.4 is 0 Å². The summed E-state index contributed by atoms with van der Waals surface area (Å²) < 4.78 is 0. The minimum atomic E-state index is 0.881. The van der Waals surface area contributed by atoms with Gasteiger partial charge in [0.05, 0.1) is 6.21 Å². The van der Waals surface area contributed by atoms with Crippen molar-refractivity contribution in [3.63, 3.8) is 0 Å². The number of hydrogen-bond donors (Lipinski definition) is 0. The molecule has 0 aliphatic rings. The molecule has 0 rings (SSSR count). The van der Waals surface area contributed by atoms with Crippen LogP contribution in [0.3, 0.4) is 0 Å². The highest BCUT2D eigenvalue weighted by molar-refractivity contribution is 6.15. The predicted molar refractivity (Wildman–Crippen MR) is 57.2 cm³/mol. The van der Waals surface area contributed by atoms with Crippen LogP contribution in [-0.2, 0) is 0 Å². The van der Waals surface area contributed by atoms with Crippen LogP contribution in [0.5, 0.6) is 0 Å². The average molecular weight is 183 g/mol. The summed E-state index contributed by atoms with van der Waals surface area (Å²) in [7, 11) is 3.84. The van der Waals surface area contributed by atoms with E-state index in [4.69, 9.17) is 0 Å². The van der Waals surface area contributed by atoms with Crippen molar-refractivity contribution in [3.05, 3.63) is 0 Å². The molecule has 13 heavy (non-hydrogen) atoms. The van der Waals surface area contributed by atoms with Crippen LogP contribution in [0.1, 0.15) is 20.3 Å². The van der Waals surface area contributed by atoms with Gasteiger partial charge in [-0.1, -0.05) is 6.92 Å². The van der Waals surface area contributed by atoms with Crippen LogP contribution in [0, 0.1) is 0 Å². The predicted octanol–water partition coefficient (Wildman–Crippen LogP) is 1.13. The topological polar surface area (TPSA) is 31.2 Å². The Morgan fingerprint density at radius 2 is 1.92 bits per heavy atom. The van der Waals surface area contributed by atoms with Crippen molar-refractivity contribution in [2.45, 2.75) is 20.3 Å². The Morgan fingerprint density at radius 3 is 2.46 bits per heavy atom. The Bertz CT molecular complexity index is 165. The largest absolute Gasteiger partial charge is 0.300 e. The van der Waals surface area contributed by atoms with Gasteiger partial charge in [-0.05, 0) is 13.3 Å². The smallest absolute Gasteiger partial charge is 0.132 e. The van der Waals surface area contributed by atoms with E-state index in [9.17, 15) is 0 Å². The molecule has 0 amide bonds. The minimum absolute atomic E-state index is 0.881. The van der Waals surface area contributed by atoms with Crippen molar-refractivity contribution in [2.24, 2.45) is 10.2 Å². The van der Waals surface area contributed by atoms with Gasteiger partial charge in [0.2, 0.25) is 0 Å². The Hall–Kier alpha value is -1.06. The van der Waals surface area contributed by atoms with E-state index in [1.165, 1.54) is 0 Å². The quantitative estimate of drug-likeness (QED) is 0.456. The van der Waals surface area contributed by atoms with E-state index >= 15 is 0 Å². The lowest BCUT2D eigenvalue weighted by Gasteiger charge is -2.09. The van der Waals surface area contributed by atoms with E-state index in [0.717, 1.165) is 19.5 Å². The molecule has 0 aliphatic heterocycles. The molecule has 0 fully saturated rings. The summed E-state index contributed by atoms with van der Waals surface area (Å²) in [6.45, 7) is 5.99. The van der Waals surface area contributed by atoms with Gasteiger partial charge in [-0.25, -0.2) is 0 Å². The molecule has 0 bridgehead atoms. The maximum absolute atomic E-state index is 4.10. The highest BCUT2D eigenvalue weighted by Gasteiger charge is 1.86. The van der Waals surface area contributed by atoms with Gasteiger partial charge in [0.15, 0.2) is 0 Å². The monoisotopic (exact) mass is 183 g/mol. The van der Waals surface area contributed by atoms with E-state index in [0.29, 0.717) is 0 Å². The summed E-state index contributed by atoms with van der Waals surface area (Å²) in [6, 6.07) is 0. The summed E-state index contributed by atoms with van der Waals surface area (Å²) in [6.07, 6.45) is 5.43. The molecule has 0 atom stereocenters. The van der Waals surface area contributed by atoms with Crippen LogP contribution in [0.2, 0.25) is 0 Å². The fourth-order valence-electron chi connectivity index (χ4n) is 0.701. The zero-order chi connectivity index (χ0) is 10.1. The fraction of sp³-hybridized carbons (Fsp3) is 0.778. The first kappa shape index (κ1) is 11.9. The van der Waals surface area contributed by atoms with Crippen LogP contribution in [0.25, 0.3) is 0 Å². The standard InChI is InChI=1S/C9H19N4/c1-5-9-13(4)11-8-7-10-12(3)6-2/h8H,5-6,9H2,1-4H3. The van der Waals surface area contributed by atoms with Crippen molar-refractivity contribution in [1.29, 1.82) is 0 Å². The highest BCUT2D eigenvalue weighted by Crippen LogP contribution is 1.84. The molecular weight excluding hydrogens is 164 g/mol. The Balaban J connectivity index is 3.66. The second kappa shape index (κ2) is 7.58. The summed E-state index contributed by atoms with van der Waals surface area (Å²) in [5, 5.41) is 11.7. The SMILES string of the molecule is CCCN(C)N=C/[C]=N/N(C)CC. The average Bonchev–Trinajstić information content (AvgIpc) is 2.12. The molecule has 4 heteroatoms. The zero-order valence-corrected chi connectivity index (χ0v) is 8.99. The molecule has 0 aromatic rings. The number of hydrazone groups is 2. The van der Waals surface area contributed by atoms with E-state index in [1.54, 1.807) is 11.2 Å². The van der Waals surface area contributed by atoms with Crippen LogP contribution in [0.15, 0.2) is 10.2 Å². The van der Waals surface area contributed by atoms with Gasteiger partial charge in [0.25, 0.3) is 0 Å². The summed E-state index contributed by atoms with van der Waals surface area (Å²) in [5.74, 6) is 0. The fourth-order valence-corrected chi connectivity index (χ4v) is 0.701. The number of nitrogens with zero attached hydrogens (tertiary/aromatic N) is 4. The van der Waals surface area contributed by atoms with Gasteiger partial charge in [0, 0.05) is 27.2 Å². The molecule has 0 saturated heterocycles. The number of rotatable bonds is 6. The first-order chi connectivity index (χ1) is 6.20. The lowest BCUT2D eigenvalue weighted by molar-refractivity contribution is 0.357. The van der Waals surface area contributed by atoms with Gasteiger partial charge in [-0.3, -0.25) is 5.01 Å². The van der Waals surface area contributed by atoms with E-state index in [1.807, 2.05) is 26.0 Å². The zero-order valence-electron chi connectivity index (χ0n) is 8.99. The normalized spacial score (nSPS) is 11.4. The lowest BCUT2D eigenvalue weighted by Crippen LogP contribution is -2.13. The molecule has 75 valence electrons. The van der Waals surface area contributed by atoms with E-state index in [2.05, 4.69) is 23.3 Å². The minimum Gasteiger partial charge on any atom is -0.300 e. The molecule has 1 radical (unpaired) electrons. The molecule has 0 spiro atoms. The molecule has 0 N–H and O–H groups in total. The van der Waals surface area contributed by atoms with Gasteiger partial charge < -0.3 is 5.01 Å². The third kappa shape index (κ3) is 7.31. The maximum atomic E-state index is 4.10. The van der Waals surface area contributed by atoms with Gasteiger partial charge in [0.1, 0.15) is 6.21 Å². The highest BCUT2D eigenvalue weighted by atomic mass is 15.4. The van der Waals surface area contributed by atoms with Crippen LogP contribution in [-0.4, -0.2) is 49.6 Å². The molecule has 0 unspecified atom stereocenters. The molecule has 0 aromatic heterocycles. The molecule has 0 heterocycles. The Labute approximate surface area is 80.9 Å². The van der Waals surface area contributed by atoms with Gasteiger partial charge >= 0.3 is 0 Å². The van der Waals surface area contributed by atoms with Crippen molar-refractivity contribution in [3.8, 4) is 0 Å². The Kier molecular flexibility index (Phi) is 6.96. The van der Waals surface area contributed by atoms with Gasteiger partial charge in [-0.15, -0.1) is 0 Å². The lowest BCUT2D eigenvalue weighted by atomic mass is 10.5. The third-order valence-corrected chi connectivity index (χ3v) is 1.55. The molecule has 4 nitrogen and oxygen atoms in total. The summed E-state index contributed by atoms with van der Waals surface area (Å²) in [4.78, 5) is 0. The second-order valence-corrected chi connectivity index (χ2v) is 2.83. The summed E-state index contributed by atoms with van der Waals surface area (Å²) >= 11 is 0. The molecule has 0 saturated carbocycles. The van der Waals surface area contributed by atoms with E-state index < -0.39 is 0 Å². The van der Waals surface area contributed by atoms with Crippen molar-refractivity contribution in [2.75, 3.05) is 27.2 Å². The van der Waals surface area contributed by atoms with E-state index in [-0.39, 0.29) is 0 Å². The van der Waals surface area contributed by atoms with Crippen LogP contribution in [0.4, 0.5) is 0 Å². The summed E-state index contributed by atoms with van der Waals surface area (Å²) in [5.41, 5.74) is 0. The molecule has 0 aliphatic carbocycles.